The maximum Gasteiger partial charge on any atom is 0.223 e. The van der Waals surface area contributed by atoms with E-state index in [-0.39, 0.29) is 11.2 Å². The third-order valence-corrected chi connectivity index (χ3v) is 5.81. The molecule has 30 heavy (non-hydrogen) atoms. The van der Waals surface area contributed by atoms with Crippen LogP contribution in [0.3, 0.4) is 0 Å². The Labute approximate surface area is 178 Å². The van der Waals surface area contributed by atoms with Crippen LogP contribution in [0.25, 0.3) is 38.4 Å². The zero-order valence-corrected chi connectivity index (χ0v) is 16.6. The predicted octanol–water partition coefficient (Wildman–Crippen LogP) is 6.91. The van der Waals surface area contributed by atoms with E-state index in [1.165, 1.54) is 5.56 Å². The molecule has 1 aliphatic carbocycles. The second-order valence-electron chi connectivity index (χ2n) is 7.39. The van der Waals surface area contributed by atoms with E-state index < -0.39 is 0 Å². The number of furan rings is 1. The van der Waals surface area contributed by atoms with Crippen LogP contribution >= 0.6 is 11.6 Å². The summed E-state index contributed by atoms with van der Waals surface area (Å²) in [4.78, 5) is 8.84. The van der Waals surface area contributed by atoms with E-state index in [4.69, 9.17) is 16.0 Å². The molecule has 2 heterocycles. The van der Waals surface area contributed by atoms with Gasteiger partial charge in [0.1, 0.15) is 11.2 Å². The third kappa shape index (κ3) is 2.69. The summed E-state index contributed by atoms with van der Waals surface area (Å²) in [6, 6.07) is 24.2. The highest BCUT2D eigenvalue weighted by molar-refractivity contribution is 6.28. The van der Waals surface area contributed by atoms with Gasteiger partial charge in [0.25, 0.3) is 0 Å². The molecule has 142 valence electrons. The molecule has 0 spiro atoms. The summed E-state index contributed by atoms with van der Waals surface area (Å²) in [5.41, 5.74) is 5.72. The van der Waals surface area contributed by atoms with E-state index in [9.17, 15) is 0 Å². The van der Waals surface area contributed by atoms with Crippen molar-refractivity contribution < 1.29 is 4.42 Å². The molecular formula is C26H15ClN2O. The number of benzene rings is 2. The largest absolute Gasteiger partial charge is 0.455 e. The lowest BCUT2D eigenvalue weighted by Crippen LogP contribution is -2.01. The van der Waals surface area contributed by atoms with Gasteiger partial charge in [-0.15, -0.1) is 0 Å². The van der Waals surface area contributed by atoms with E-state index in [1.807, 2.05) is 36.4 Å². The van der Waals surface area contributed by atoms with Crippen molar-refractivity contribution in [1.82, 2.24) is 9.97 Å². The average Bonchev–Trinajstić information content (AvgIpc) is 3.17. The lowest BCUT2D eigenvalue weighted by Gasteiger charge is -2.17. The van der Waals surface area contributed by atoms with Crippen molar-refractivity contribution in [2.24, 2.45) is 0 Å². The molecule has 1 aliphatic rings. The zero-order chi connectivity index (χ0) is 20.1. The molecule has 1 atom stereocenters. The number of hydrogen-bond donors (Lipinski definition) is 0. The fourth-order valence-electron chi connectivity index (χ4n) is 4.22. The number of rotatable bonds is 2. The summed E-state index contributed by atoms with van der Waals surface area (Å²) in [6.07, 6.45) is 7.42. The second-order valence-corrected chi connectivity index (χ2v) is 7.73. The van der Waals surface area contributed by atoms with Crippen LogP contribution in [0, 0.1) is 12.1 Å². The Bertz CT molecular complexity index is 1500. The molecule has 0 N–H and O–H groups in total. The van der Waals surface area contributed by atoms with Gasteiger partial charge in [-0.2, -0.15) is 0 Å². The van der Waals surface area contributed by atoms with Crippen molar-refractivity contribution in [3.8, 4) is 0 Å². The Hall–Kier alpha value is -3.61. The minimum Gasteiger partial charge on any atom is -0.455 e. The first-order valence-electron chi connectivity index (χ1n) is 9.82. The number of para-hydroxylation sites is 2. The van der Waals surface area contributed by atoms with E-state index in [0.717, 1.165) is 50.5 Å². The highest BCUT2D eigenvalue weighted by Gasteiger charge is 2.19. The molecule has 5 aromatic rings. The van der Waals surface area contributed by atoms with E-state index in [2.05, 4.69) is 58.5 Å². The first kappa shape index (κ1) is 17.3. The van der Waals surface area contributed by atoms with Gasteiger partial charge in [0, 0.05) is 22.3 Å². The molecule has 0 aliphatic heterocycles. The minimum absolute atomic E-state index is 0.227. The number of hydrogen-bond acceptors (Lipinski definition) is 3. The predicted molar refractivity (Wildman–Crippen MR) is 120 cm³/mol. The smallest absolute Gasteiger partial charge is 0.223 e. The van der Waals surface area contributed by atoms with E-state index in [0.29, 0.717) is 0 Å². The molecule has 4 heteroatoms. The number of fused-ring (bicyclic) bond motifs is 4. The van der Waals surface area contributed by atoms with Gasteiger partial charge in [-0.25, -0.2) is 9.97 Å². The van der Waals surface area contributed by atoms with Gasteiger partial charge in [0.05, 0.1) is 16.6 Å². The first-order valence-corrected chi connectivity index (χ1v) is 10.2. The number of aromatic nitrogens is 2. The number of halogens is 1. The maximum atomic E-state index is 6.18. The molecule has 3 nitrogen and oxygen atoms in total. The van der Waals surface area contributed by atoms with Crippen LogP contribution in [-0.4, -0.2) is 9.97 Å². The van der Waals surface area contributed by atoms with Crippen molar-refractivity contribution in [3.05, 3.63) is 101 Å². The highest BCUT2D eigenvalue weighted by Crippen LogP contribution is 2.38. The van der Waals surface area contributed by atoms with Crippen LogP contribution in [0.1, 0.15) is 23.6 Å². The highest BCUT2D eigenvalue weighted by atomic mass is 35.5. The molecule has 0 radical (unpaired) electrons. The van der Waals surface area contributed by atoms with Crippen LogP contribution < -0.4 is 0 Å². The van der Waals surface area contributed by atoms with Gasteiger partial charge < -0.3 is 4.42 Å². The Kier molecular flexibility index (Phi) is 3.87. The lowest BCUT2D eigenvalue weighted by atomic mass is 9.88. The van der Waals surface area contributed by atoms with E-state index in [1.54, 1.807) is 0 Å². The van der Waals surface area contributed by atoms with Crippen molar-refractivity contribution in [2.75, 3.05) is 0 Å². The van der Waals surface area contributed by atoms with Gasteiger partial charge >= 0.3 is 0 Å². The molecule has 0 amide bonds. The van der Waals surface area contributed by atoms with Crippen LogP contribution in [0.5, 0.6) is 0 Å². The normalized spacial score (nSPS) is 16.2. The Morgan fingerprint density at radius 3 is 2.80 bits per heavy atom. The summed E-state index contributed by atoms with van der Waals surface area (Å²) in [7, 11) is 0. The summed E-state index contributed by atoms with van der Waals surface area (Å²) in [5.74, 6) is 0.227. The summed E-state index contributed by atoms with van der Waals surface area (Å²) >= 11 is 6.18. The topological polar surface area (TPSA) is 38.9 Å². The van der Waals surface area contributed by atoms with Gasteiger partial charge in [-0.05, 0) is 47.9 Å². The molecule has 6 rings (SSSR count). The quantitative estimate of drug-likeness (QED) is 0.299. The number of nitrogens with zero attached hydrogens (tertiary/aromatic N) is 2. The number of allylic oxidation sites excluding steroid dienone is 4. The van der Waals surface area contributed by atoms with Gasteiger partial charge in [-0.1, -0.05) is 60.7 Å². The monoisotopic (exact) mass is 406 g/mol. The van der Waals surface area contributed by atoms with Crippen LogP contribution in [0.4, 0.5) is 0 Å². The van der Waals surface area contributed by atoms with Gasteiger partial charge in [-0.3, -0.25) is 0 Å². The zero-order valence-electron chi connectivity index (χ0n) is 15.9. The molecular weight excluding hydrogens is 392 g/mol. The fourth-order valence-corrected chi connectivity index (χ4v) is 4.40. The van der Waals surface area contributed by atoms with Crippen molar-refractivity contribution in [3.63, 3.8) is 0 Å². The average molecular weight is 407 g/mol. The van der Waals surface area contributed by atoms with Crippen molar-refractivity contribution >= 4 is 50.0 Å². The minimum atomic E-state index is 0.227. The SMILES string of the molecule is Clc1nc(C2=CCC(c3cccc4c3oc3ccc#cc34)C=C2)c2ccccc2n1. The van der Waals surface area contributed by atoms with Crippen molar-refractivity contribution in [2.45, 2.75) is 12.3 Å². The van der Waals surface area contributed by atoms with Crippen molar-refractivity contribution in [1.29, 1.82) is 0 Å². The van der Waals surface area contributed by atoms with Gasteiger partial charge in [0.15, 0.2) is 0 Å². The lowest BCUT2D eigenvalue weighted by molar-refractivity contribution is 0.657. The molecule has 2 aromatic heterocycles. The molecule has 3 aromatic carbocycles. The fraction of sp³-hybridized carbons (Fsp3) is 0.0769. The first-order chi connectivity index (χ1) is 14.8. The van der Waals surface area contributed by atoms with E-state index >= 15 is 0 Å². The van der Waals surface area contributed by atoms with Crippen LogP contribution in [-0.2, 0) is 0 Å². The summed E-state index contributed by atoms with van der Waals surface area (Å²) in [6.45, 7) is 0. The summed E-state index contributed by atoms with van der Waals surface area (Å²) < 4.78 is 6.18. The van der Waals surface area contributed by atoms with Crippen LogP contribution in [0.2, 0.25) is 5.28 Å². The molecule has 0 fully saturated rings. The molecule has 0 saturated carbocycles. The third-order valence-electron chi connectivity index (χ3n) is 5.64. The molecule has 0 saturated heterocycles. The Balaban J connectivity index is 1.41. The second kappa shape index (κ2) is 6.73. The molecule has 1 unspecified atom stereocenters. The van der Waals surface area contributed by atoms with Crippen LogP contribution in [0.15, 0.2) is 77.2 Å². The Morgan fingerprint density at radius 1 is 1.00 bits per heavy atom. The summed E-state index contributed by atoms with van der Waals surface area (Å²) in [5, 5.41) is 3.33. The maximum absolute atomic E-state index is 6.18. The standard InChI is InChI=1S/C26H15ClN2O/c27-26-28-22-10-3-1-7-21(22)24(29-26)17-14-12-16(13-15-17)18-8-5-9-20-19-6-2-4-11-23(19)30-25(18)20/h1,3-5,7-12,14-16H,13H2. The molecule has 0 bridgehead atoms. The van der Waals surface area contributed by atoms with Gasteiger partial charge in [0.2, 0.25) is 5.28 Å². The Morgan fingerprint density at radius 2 is 1.90 bits per heavy atom.